The van der Waals surface area contributed by atoms with Gasteiger partial charge in [-0.25, -0.2) is 4.79 Å². The molecule has 4 N–H and O–H groups in total. The Hall–Kier alpha value is -2.40. The monoisotopic (exact) mass is 510 g/mol. The maximum atomic E-state index is 12.7. The standard InChI is InChI=1S/C26H38O10/c1-3-4-5-6-7-8-9-10-11-12-18(28)34-16-13-15-19(21(30)23(16)33-2)24-25(36-26(15)32)22(31)20(29)17(14-27)35-24/h13,17,20,22,24-25,27,29-31H,3-12,14H2,1-2H3/t17-,20-,22+,24+,25-/m1/s1. The van der Waals surface area contributed by atoms with E-state index in [4.69, 9.17) is 18.9 Å². The molecule has 0 radical (unpaired) electrons. The number of carbonyl (C=O) groups excluding carboxylic acids is 2. The molecular weight excluding hydrogens is 472 g/mol. The number of methoxy groups -OCH3 is 1. The molecule has 0 amide bonds. The molecule has 5 atom stereocenters. The molecule has 10 heteroatoms. The zero-order chi connectivity index (χ0) is 26.2. The Bertz CT molecular complexity index is 901. The van der Waals surface area contributed by atoms with Gasteiger partial charge >= 0.3 is 11.9 Å². The highest BCUT2D eigenvalue weighted by atomic mass is 16.6. The molecule has 36 heavy (non-hydrogen) atoms. The number of aliphatic hydroxyl groups is 3. The second-order valence-electron chi connectivity index (χ2n) is 9.40. The average molecular weight is 511 g/mol. The molecular formula is C26H38O10. The summed E-state index contributed by atoms with van der Waals surface area (Å²) in [5.74, 6) is -2.23. The third kappa shape index (κ3) is 6.29. The molecule has 3 rings (SSSR count). The van der Waals surface area contributed by atoms with Crippen LogP contribution in [-0.4, -0.2) is 70.5 Å². The second-order valence-corrected chi connectivity index (χ2v) is 9.40. The van der Waals surface area contributed by atoms with E-state index in [2.05, 4.69) is 6.92 Å². The molecule has 0 aliphatic carbocycles. The summed E-state index contributed by atoms with van der Waals surface area (Å²) in [6.07, 6.45) is 3.46. The van der Waals surface area contributed by atoms with Crippen molar-refractivity contribution in [1.29, 1.82) is 0 Å². The van der Waals surface area contributed by atoms with Crippen molar-refractivity contribution in [2.24, 2.45) is 0 Å². The molecule has 1 fully saturated rings. The Kier molecular flexibility index (Phi) is 10.4. The lowest BCUT2D eigenvalue weighted by atomic mass is 9.86. The first-order valence-corrected chi connectivity index (χ1v) is 12.8. The minimum absolute atomic E-state index is 0.0313. The van der Waals surface area contributed by atoms with Crippen molar-refractivity contribution in [3.63, 3.8) is 0 Å². The number of hydrogen-bond donors (Lipinski definition) is 4. The van der Waals surface area contributed by atoms with Gasteiger partial charge in [-0.05, 0) is 12.5 Å². The molecule has 0 spiro atoms. The lowest BCUT2D eigenvalue weighted by Gasteiger charge is -2.44. The number of ether oxygens (including phenoxy) is 4. The van der Waals surface area contributed by atoms with E-state index < -0.39 is 54.8 Å². The number of rotatable bonds is 13. The Morgan fingerprint density at radius 3 is 2.28 bits per heavy atom. The number of carbonyl (C=O) groups is 2. The number of phenols is 1. The lowest BCUT2D eigenvalue weighted by molar-refractivity contribution is -0.235. The predicted octanol–water partition coefficient (Wildman–Crippen LogP) is 2.92. The normalized spacial score (nSPS) is 25.0. The highest BCUT2D eigenvalue weighted by Gasteiger charge is 2.52. The molecule has 1 saturated heterocycles. The van der Waals surface area contributed by atoms with E-state index in [0.29, 0.717) is 6.42 Å². The Morgan fingerprint density at radius 2 is 1.67 bits per heavy atom. The van der Waals surface area contributed by atoms with Crippen molar-refractivity contribution in [3.8, 4) is 17.2 Å². The van der Waals surface area contributed by atoms with E-state index >= 15 is 0 Å². The van der Waals surface area contributed by atoms with Crippen LogP contribution in [0.4, 0.5) is 0 Å². The van der Waals surface area contributed by atoms with Gasteiger partial charge in [-0.15, -0.1) is 0 Å². The van der Waals surface area contributed by atoms with E-state index in [1.165, 1.54) is 45.3 Å². The van der Waals surface area contributed by atoms with Crippen molar-refractivity contribution in [2.45, 2.75) is 102 Å². The summed E-state index contributed by atoms with van der Waals surface area (Å²) >= 11 is 0. The van der Waals surface area contributed by atoms with Crippen molar-refractivity contribution in [1.82, 2.24) is 0 Å². The number of esters is 2. The van der Waals surface area contributed by atoms with Gasteiger partial charge in [0.2, 0.25) is 5.75 Å². The van der Waals surface area contributed by atoms with Gasteiger partial charge in [0.15, 0.2) is 17.6 Å². The number of unbranched alkanes of at least 4 members (excludes halogenated alkanes) is 8. The van der Waals surface area contributed by atoms with Crippen LogP contribution < -0.4 is 9.47 Å². The topological polar surface area (TPSA) is 152 Å². The van der Waals surface area contributed by atoms with Gasteiger partial charge < -0.3 is 39.4 Å². The Morgan fingerprint density at radius 1 is 1.03 bits per heavy atom. The van der Waals surface area contributed by atoms with Gasteiger partial charge in [0.05, 0.1) is 19.3 Å². The van der Waals surface area contributed by atoms with E-state index in [9.17, 15) is 30.0 Å². The smallest absolute Gasteiger partial charge is 0.339 e. The third-order valence-corrected chi connectivity index (χ3v) is 6.79. The van der Waals surface area contributed by atoms with Crippen molar-refractivity contribution in [3.05, 3.63) is 17.2 Å². The van der Waals surface area contributed by atoms with Crippen LogP contribution in [0.3, 0.4) is 0 Å². The summed E-state index contributed by atoms with van der Waals surface area (Å²) in [5, 5.41) is 40.9. The maximum absolute atomic E-state index is 12.7. The summed E-state index contributed by atoms with van der Waals surface area (Å²) < 4.78 is 21.6. The number of fused-ring (bicyclic) bond motifs is 3. The first-order valence-electron chi connectivity index (χ1n) is 12.8. The van der Waals surface area contributed by atoms with E-state index in [0.717, 1.165) is 19.3 Å². The van der Waals surface area contributed by atoms with Crippen LogP contribution in [0.25, 0.3) is 0 Å². The molecule has 1 aromatic rings. The number of phenolic OH excluding ortho intramolecular Hbond substituents is 1. The zero-order valence-corrected chi connectivity index (χ0v) is 21.0. The van der Waals surface area contributed by atoms with Crippen LogP contribution in [-0.2, 0) is 14.3 Å². The molecule has 1 aromatic carbocycles. The van der Waals surface area contributed by atoms with E-state index in [-0.39, 0.29) is 29.0 Å². The van der Waals surface area contributed by atoms with Crippen LogP contribution in [0, 0.1) is 0 Å². The van der Waals surface area contributed by atoms with Crippen molar-refractivity contribution >= 4 is 11.9 Å². The van der Waals surface area contributed by atoms with Crippen molar-refractivity contribution in [2.75, 3.05) is 13.7 Å². The number of benzene rings is 1. The Balaban J connectivity index is 1.66. The largest absolute Gasteiger partial charge is 0.504 e. The van der Waals surface area contributed by atoms with Crippen LogP contribution in [0.15, 0.2) is 6.07 Å². The van der Waals surface area contributed by atoms with Gasteiger partial charge in [-0.3, -0.25) is 4.79 Å². The van der Waals surface area contributed by atoms with Gasteiger partial charge in [-0.1, -0.05) is 58.3 Å². The van der Waals surface area contributed by atoms with Gasteiger partial charge in [0.1, 0.15) is 24.4 Å². The molecule has 2 aliphatic heterocycles. The first kappa shape index (κ1) is 28.2. The number of aromatic hydroxyl groups is 1. The lowest BCUT2D eigenvalue weighted by Crippen LogP contribution is -2.58. The maximum Gasteiger partial charge on any atom is 0.339 e. The van der Waals surface area contributed by atoms with Crippen LogP contribution in [0.2, 0.25) is 0 Å². The molecule has 0 unspecified atom stereocenters. The fourth-order valence-corrected chi connectivity index (χ4v) is 4.77. The van der Waals surface area contributed by atoms with Crippen LogP contribution in [0.1, 0.15) is 93.2 Å². The fraction of sp³-hybridized carbons (Fsp3) is 0.692. The van der Waals surface area contributed by atoms with Gasteiger partial charge in [-0.2, -0.15) is 0 Å². The molecule has 0 saturated carbocycles. The number of hydrogen-bond acceptors (Lipinski definition) is 10. The van der Waals surface area contributed by atoms with Crippen LogP contribution in [0.5, 0.6) is 17.2 Å². The quantitative estimate of drug-likeness (QED) is 0.177. The molecule has 10 nitrogen and oxygen atoms in total. The zero-order valence-electron chi connectivity index (χ0n) is 21.0. The minimum Gasteiger partial charge on any atom is -0.504 e. The fourth-order valence-electron chi connectivity index (χ4n) is 4.77. The highest BCUT2D eigenvalue weighted by molar-refractivity contribution is 5.95. The Labute approximate surface area is 211 Å². The second kappa shape index (κ2) is 13.2. The van der Waals surface area contributed by atoms with Crippen molar-refractivity contribution < 1.29 is 49.0 Å². The van der Waals surface area contributed by atoms with Gasteiger partial charge in [0.25, 0.3) is 0 Å². The average Bonchev–Trinajstić information content (AvgIpc) is 2.86. The summed E-state index contributed by atoms with van der Waals surface area (Å²) in [5.41, 5.74) is -0.156. The van der Waals surface area contributed by atoms with E-state index in [1.807, 2.05) is 0 Å². The summed E-state index contributed by atoms with van der Waals surface area (Å²) in [6, 6.07) is 1.23. The summed E-state index contributed by atoms with van der Waals surface area (Å²) in [6.45, 7) is 1.59. The number of aliphatic hydroxyl groups excluding tert-OH is 3. The van der Waals surface area contributed by atoms with E-state index in [1.54, 1.807) is 0 Å². The SMILES string of the molecule is CCCCCCCCCCCC(=O)Oc1cc2c(c(O)c1OC)[C@@H]1O[C@H](CO)[C@@H](O)[C@H](O)[C@H]1OC2=O. The molecule has 202 valence electrons. The predicted molar refractivity (Wildman–Crippen MR) is 128 cm³/mol. The molecule has 0 bridgehead atoms. The van der Waals surface area contributed by atoms with Crippen LogP contribution >= 0.6 is 0 Å². The molecule has 0 aromatic heterocycles. The first-order chi connectivity index (χ1) is 17.3. The minimum atomic E-state index is -1.54. The summed E-state index contributed by atoms with van der Waals surface area (Å²) in [7, 11) is 1.27. The molecule has 2 aliphatic rings. The summed E-state index contributed by atoms with van der Waals surface area (Å²) in [4.78, 5) is 25.1. The molecule has 2 heterocycles. The van der Waals surface area contributed by atoms with Gasteiger partial charge in [0, 0.05) is 12.0 Å². The highest BCUT2D eigenvalue weighted by Crippen LogP contribution is 2.50. The third-order valence-electron chi connectivity index (χ3n) is 6.79.